The van der Waals surface area contributed by atoms with Crippen LogP contribution < -0.4 is 5.32 Å². The first-order valence-electron chi connectivity index (χ1n) is 8.79. The fourth-order valence-electron chi connectivity index (χ4n) is 3.54. The Labute approximate surface area is 152 Å². The number of aromatic nitrogens is 2. The summed E-state index contributed by atoms with van der Waals surface area (Å²) in [6, 6.07) is 12.0. The summed E-state index contributed by atoms with van der Waals surface area (Å²) in [7, 11) is 0. The van der Waals surface area contributed by atoms with E-state index in [2.05, 4.69) is 32.3 Å². The number of rotatable bonds is 4. The molecular formula is C20H22N4O2. The summed E-state index contributed by atoms with van der Waals surface area (Å²) in [5.74, 6) is 1.76. The van der Waals surface area contributed by atoms with Crippen LogP contribution in [0.15, 0.2) is 47.1 Å². The van der Waals surface area contributed by atoms with Crippen LogP contribution in [0.4, 0.5) is 5.69 Å². The van der Waals surface area contributed by atoms with Gasteiger partial charge >= 0.3 is 0 Å². The number of carbonyl (C=O) groups is 1. The standard InChI is InChI=1S/C20H22N4O2/c1-13-3-8-18(26-13)20-19-17(21-12-22-19)9-10-24(20)11-15-4-6-16(7-5-15)23-14(2)25/h3-8,12,20H,9-11H2,1-2H3,(H,21,22)(H,23,25)/t20-/m1/s1. The number of fused-ring (bicyclic) bond motifs is 1. The van der Waals surface area contributed by atoms with Gasteiger partial charge in [0, 0.05) is 37.8 Å². The number of carbonyl (C=O) groups excluding carboxylic acids is 1. The predicted octanol–water partition coefficient (Wildman–Crippen LogP) is 3.42. The highest BCUT2D eigenvalue weighted by Crippen LogP contribution is 2.35. The molecule has 6 heteroatoms. The summed E-state index contributed by atoms with van der Waals surface area (Å²) < 4.78 is 5.94. The topological polar surface area (TPSA) is 74.2 Å². The molecule has 26 heavy (non-hydrogen) atoms. The van der Waals surface area contributed by atoms with Crippen molar-refractivity contribution in [2.75, 3.05) is 11.9 Å². The molecule has 1 atom stereocenters. The Morgan fingerprint density at radius 1 is 1.31 bits per heavy atom. The maximum absolute atomic E-state index is 11.2. The first-order chi connectivity index (χ1) is 12.6. The van der Waals surface area contributed by atoms with Gasteiger partial charge in [-0.15, -0.1) is 0 Å². The average Bonchev–Trinajstić information content (AvgIpc) is 3.25. The van der Waals surface area contributed by atoms with Crippen molar-refractivity contribution >= 4 is 11.6 Å². The summed E-state index contributed by atoms with van der Waals surface area (Å²) >= 11 is 0. The van der Waals surface area contributed by atoms with Crippen LogP contribution in [-0.2, 0) is 17.8 Å². The molecule has 2 aromatic heterocycles. The molecule has 6 nitrogen and oxygen atoms in total. The van der Waals surface area contributed by atoms with E-state index >= 15 is 0 Å². The number of hydrogen-bond donors (Lipinski definition) is 2. The first-order valence-corrected chi connectivity index (χ1v) is 8.79. The molecule has 0 unspecified atom stereocenters. The maximum Gasteiger partial charge on any atom is 0.221 e. The third kappa shape index (κ3) is 3.28. The smallest absolute Gasteiger partial charge is 0.221 e. The third-order valence-electron chi connectivity index (χ3n) is 4.72. The van der Waals surface area contributed by atoms with Gasteiger partial charge in [-0.05, 0) is 36.8 Å². The minimum Gasteiger partial charge on any atom is -0.464 e. The number of anilines is 1. The summed E-state index contributed by atoms with van der Waals surface area (Å²) in [6.07, 6.45) is 2.70. The zero-order chi connectivity index (χ0) is 18.1. The van der Waals surface area contributed by atoms with E-state index in [4.69, 9.17) is 4.42 Å². The molecule has 0 saturated heterocycles. The molecule has 1 aliphatic heterocycles. The zero-order valence-electron chi connectivity index (χ0n) is 15.0. The number of amides is 1. The van der Waals surface area contributed by atoms with E-state index in [0.717, 1.165) is 42.4 Å². The van der Waals surface area contributed by atoms with Gasteiger partial charge in [0.05, 0.1) is 12.0 Å². The average molecular weight is 350 g/mol. The molecule has 0 bridgehead atoms. The van der Waals surface area contributed by atoms with E-state index in [9.17, 15) is 4.79 Å². The fraction of sp³-hybridized carbons (Fsp3) is 0.300. The van der Waals surface area contributed by atoms with Gasteiger partial charge in [0.2, 0.25) is 5.91 Å². The molecule has 1 aliphatic rings. The Bertz CT molecular complexity index is 910. The maximum atomic E-state index is 11.2. The number of imidazole rings is 1. The van der Waals surface area contributed by atoms with Crippen molar-refractivity contribution in [3.05, 3.63) is 71.2 Å². The normalized spacial score (nSPS) is 17.1. The summed E-state index contributed by atoms with van der Waals surface area (Å²) in [4.78, 5) is 21.4. The van der Waals surface area contributed by atoms with Gasteiger partial charge in [0.25, 0.3) is 0 Å². The quantitative estimate of drug-likeness (QED) is 0.756. The number of H-pyrrole nitrogens is 1. The van der Waals surface area contributed by atoms with E-state index in [1.54, 1.807) is 6.33 Å². The Balaban J connectivity index is 1.59. The lowest BCUT2D eigenvalue weighted by molar-refractivity contribution is -0.114. The van der Waals surface area contributed by atoms with Crippen LogP contribution in [0.2, 0.25) is 0 Å². The van der Waals surface area contributed by atoms with Gasteiger partial charge in [-0.25, -0.2) is 4.98 Å². The number of nitrogens with one attached hydrogen (secondary N) is 2. The van der Waals surface area contributed by atoms with Crippen LogP contribution in [0.3, 0.4) is 0 Å². The molecule has 3 aromatic rings. The minimum atomic E-state index is -0.0619. The predicted molar refractivity (Wildman–Crippen MR) is 98.7 cm³/mol. The van der Waals surface area contributed by atoms with Crippen LogP contribution in [-0.4, -0.2) is 27.3 Å². The van der Waals surface area contributed by atoms with Gasteiger partial charge < -0.3 is 14.7 Å². The van der Waals surface area contributed by atoms with Crippen molar-refractivity contribution in [1.82, 2.24) is 14.9 Å². The molecule has 3 heterocycles. The highest BCUT2D eigenvalue weighted by Gasteiger charge is 2.33. The van der Waals surface area contributed by atoms with Gasteiger partial charge in [0.1, 0.15) is 17.6 Å². The van der Waals surface area contributed by atoms with Gasteiger partial charge in [-0.2, -0.15) is 0 Å². The van der Waals surface area contributed by atoms with E-state index in [0.29, 0.717) is 0 Å². The number of benzene rings is 1. The lowest BCUT2D eigenvalue weighted by Gasteiger charge is -2.33. The molecule has 0 aliphatic carbocycles. The second kappa shape index (κ2) is 6.80. The van der Waals surface area contributed by atoms with Gasteiger partial charge in [-0.3, -0.25) is 9.69 Å². The van der Waals surface area contributed by atoms with Crippen molar-refractivity contribution in [3.8, 4) is 0 Å². The van der Waals surface area contributed by atoms with Crippen LogP contribution in [0.5, 0.6) is 0 Å². The van der Waals surface area contributed by atoms with E-state index < -0.39 is 0 Å². The van der Waals surface area contributed by atoms with E-state index in [1.807, 2.05) is 31.2 Å². The molecular weight excluding hydrogens is 328 g/mol. The van der Waals surface area contributed by atoms with Crippen molar-refractivity contribution < 1.29 is 9.21 Å². The van der Waals surface area contributed by atoms with Crippen LogP contribution in [0.25, 0.3) is 0 Å². The van der Waals surface area contributed by atoms with E-state index in [-0.39, 0.29) is 11.9 Å². The Hall–Kier alpha value is -2.86. The Kier molecular flexibility index (Phi) is 4.34. The molecule has 2 N–H and O–H groups in total. The zero-order valence-corrected chi connectivity index (χ0v) is 15.0. The van der Waals surface area contributed by atoms with Crippen LogP contribution in [0, 0.1) is 6.92 Å². The van der Waals surface area contributed by atoms with Crippen LogP contribution in [0.1, 0.15) is 41.4 Å². The molecule has 0 fully saturated rings. The molecule has 4 rings (SSSR count). The van der Waals surface area contributed by atoms with Gasteiger partial charge in [0.15, 0.2) is 0 Å². The number of aryl methyl sites for hydroxylation is 1. The van der Waals surface area contributed by atoms with Crippen molar-refractivity contribution in [2.45, 2.75) is 32.9 Å². The highest BCUT2D eigenvalue weighted by molar-refractivity contribution is 5.88. The number of hydrogen-bond acceptors (Lipinski definition) is 4. The van der Waals surface area contributed by atoms with Crippen LogP contribution >= 0.6 is 0 Å². The SMILES string of the molecule is CC(=O)Nc1ccc(CN2CCc3[nH]cnc3[C@H]2c2ccc(C)o2)cc1. The highest BCUT2D eigenvalue weighted by atomic mass is 16.3. The van der Waals surface area contributed by atoms with Crippen molar-refractivity contribution in [2.24, 2.45) is 0 Å². The lowest BCUT2D eigenvalue weighted by atomic mass is 9.99. The Morgan fingerprint density at radius 2 is 2.12 bits per heavy atom. The van der Waals surface area contributed by atoms with Gasteiger partial charge in [-0.1, -0.05) is 12.1 Å². The summed E-state index contributed by atoms with van der Waals surface area (Å²) in [5.41, 5.74) is 4.22. The monoisotopic (exact) mass is 350 g/mol. The van der Waals surface area contributed by atoms with E-state index in [1.165, 1.54) is 18.2 Å². The number of nitrogens with zero attached hydrogens (tertiary/aromatic N) is 2. The third-order valence-corrected chi connectivity index (χ3v) is 4.72. The lowest BCUT2D eigenvalue weighted by Crippen LogP contribution is -2.35. The molecule has 0 saturated carbocycles. The number of aromatic amines is 1. The van der Waals surface area contributed by atoms with Crippen molar-refractivity contribution in [3.63, 3.8) is 0 Å². The molecule has 134 valence electrons. The summed E-state index contributed by atoms with van der Waals surface area (Å²) in [6.45, 7) is 5.19. The fourth-order valence-corrected chi connectivity index (χ4v) is 3.54. The molecule has 1 aromatic carbocycles. The molecule has 1 amide bonds. The molecule has 0 radical (unpaired) electrons. The molecule has 0 spiro atoms. The van der Waals surface area contributed by atoms with Crippen molar-refractivity contribution in [1.29, 1.82) is 0 Å². The minimum absolute atomic E-state index is 0.00808. The second-order valence-electron chi connectivity index (χ2n) is 6.72. The summed E-state index contributed by atoms with van der Waals surface area (Å²) in [5, 5.41) is 2.80. The largest absolute Gasteiger partial charge is 0.464 e. The Morgan fingerprint density at radius 3 is 2.81 bits per heavy atom. The first kappa shape index (κ1) is 16.6. The number of furan rings is 1. The second-order valence-corrected chi connectivity index (χ2v) is 6.72.